The highest BCUT2D eigenvalue weighted by atomic mass is 127. The van der Waals surface area contributed by atoms with E-state index in [2.05, 4.69) is 34.6 Å². The summed E-state index contributed by atoms with van der Waals surface area (Å²) in [5.74, 6) is 1.77. The van der Waals surface area contributed by atoms with Crippen molar-refractivity contribution >= 4 is 29.9 Å². The molecule has 1 aliphatic carbocycles. The van der Waals surface area contributed by atoms with Crippen LogP contribution in [-0.2, 0) is 13.5 Å². The molecule has 20 heavy (non-hydrogen) atoms. The highest BCUT2D eigenvalue weighted by molar-refractivity contribution is 14.0. The third kappa shape index (κ3) is 4.64. The van der Waals surface area contributed by atoms with Gasteiger partial charge in [0.2, 0.25) is 0 Å². The molecule has 0 unspecified atom stereocenters. The van der Waals surface area contributed by atoms with E-state index >= 15 is 0 Å². The van der Waals surface area contributed by atoms with E-state index in [0.717, 1.165) is 37.1 Å². The van der Waals surface area contributed by atoms with Crippen LogP contribution in [0.3, 0.4) is 0 Å². The molecule has 1 aliphatic rings. The Morgan fingerprint density at radius 3 is 2.55 bits per heavy atom. The Morgan fingerprint density at radius 2 is 2.05 bits per heavy atom. The zero-order valence-corrected chi connectivity index (χ0v) is 15.2. The van der Waals surface area contributed by atoms with Gasteiger partial charge < -0.3 is 10.6 Å². The second-order valence-electron chi connectivity index (χ2n) is 5.35. The van der Waals surface area contributed by atoms with Crippen molar-refractivity contribution in [2.75, 3.05) is 20.1 Å². The summed E-state index contributed by atoms with van der Waals surface area (Å²) >= 11 is 0. The van der Waals surface area contributed by atoms with Crippen LogP contribution >= 0.6 is 24.0 Å². The first-order valence-electron chi connectivity index (χ1n) is 7.05. The lowest BCUT2D eigenvalue weighted by Gasteiger charge is -2.11. The van der Waals surface area contributed by atoms with Crippen molar-refractivity contribution in [1.29, 1.82) is 0 Å². The summed E-state index contributed by atoms with van der Waals surface area (Å²) in [6, 6.07) is 0. The third-order valence-corrected chi connectivity index (χ3v) is 3.81. The smallest absolute Gasteiger partial charge is 0.190 e. The first-order valence-corrected chi connectivity index (χ1v) is 7.05. The third-order valence-electron chi connectivity index (χ3n) is 3.81. The molecular formula is C14H26IN5. The molecule has 0 saturated heterocycles. The van der Waals surface area contributed by atoms with Crippen molar-refractivity contribution < 1.29 is 0 Å². The predicted molar refractivity (Wildman–Crippen MR) is 93.9 cm³/mol. The first kappa shape index (κ1) is 17.3. The number of nitrogens with one attached hydrogen (secondary N) is 2. The molecule has 0 bridgehead atoms. The second-order valence-corrected chi connectivity index (χ2v) is 5.35. The summed E-state index contributed by atoms with van der Waals surface area (Å²) in [7, 11) is 3.82. The van der Waals surface area contributed by atoms with Crippen LogP contribution in [0.25, 0.3) is 0 Å². The maximum absolute atomic E-state index is 4.44. The highest BCUT2D eigenvalue weighted by Gasteiger charge is 2.21. The zero-order valence-electron chi connectivity index (χ0n) is 12.9. The largest absolute Gasteiger partial charge is 0.356 e. The number of guanidine groups is 1. The summed E-state index contributed by atoms with van der Waals surface area (Å²) in [5, 5.41) is 11.2. The van der Waals surface area contributed by atoms with E-state index in [4.69, 9.17) is 0 Å². The number of halogens is 1. The normalized spacial score (nSPS) is 14.9. The minimum absolute atomic E-state index is 0. The Balaban J connectivity index is 0.00000200. The molecule has 1 heterocycles. The van der Waals surface area contributed by atoms with Crippen molar-refractivity contribution in [1.82, 2.24) is 20.4 Å². The molecule has 1 saturated carbocycles. The van der Waals surface area contributed by atoms with Gasteiger partial charge >= 0.3 is 0 Å². The van der Waals surface area contributed by atoms with Gasteiger partial charge in [0.25, 0.3) is 0 Å². The highest BCUT2D eigenvalue weighted by Crippen LogP contribution is 2.27. The molecule has 0 aliphatic heterocycles. The van der Waals surface area contributed by atoms with Gasteiger partial charge in [-0.1, -0.05) is 0 Å². The SMILES string of the molecule is CN=C(NCCc1c(C)nn(C)c1C)NCC1CC1.I. The number of rotatable bonds is 5. The number of hydrogen-bond acceptors (Lipinski definition) is 2. The first-order chi connectivity index (χ1) is 9.11. The van der Waals surface area contributed by atoms with E-state index in [-0.39, 0.29) is 24.0 Å². The minimum Gasteiger partial charge on any atom is -0.356 e. The van der Waals surface area contributed by atoms with Crippen molar-refractivity contribution in [2.24, 2.45) is 18.0 Å². The van der Waals surface area contributed by atoms with Crippen LogP contribution in [0.2, 0.25) is 0 Å². The fourth-order valence-electron chi connectivity index (χ4n) is 2.27. The molecular weight excluding hydrogens is 365 g/mol. The van der Waals surface area contributed by atoms with Gasteiger partial charge in [-0.25, -0.2) is 0 Å². The molecule has 6 heteroatoms. The van der Waals surface area contributed by atoms with Crippen LogP contribution in [0.1, 0.15) is 29.8 Å². The Bertz CT molecular complexity index is 462. The summed E-state index contributed by atoms with van der Waals surface area (Å²) in [5.41, 5.74) is 3.72. The van der Waals surface area contributed by atoms with E-state index in [1.54, 1.807) is 0 Å². The second kappa shape index (κ2) is 7.85. The summed E-state index contributed by atoms with van der Waals surface area (Å²) < 4.78 is 1.95. The molecule has 1 aromatic rings. The Labute approximate surface area is 138 Å². The number of aryl methyl sites for hydroxylation is 2. The van der Waals surface area contributed by atoms with Crippen LogP contribution in [0.5, 0.6) is 0 Å². The lowest BCUT2D eigenvalue weighted by molar-refractivity contribution is 0.725. The maximum Gasteiger partial charge on any atom is 0.190 e. The van der Waals surface area contributed by atoms with Crippen LogP contribution in [-0.4, -0.2) is 35.9 Å². The number of hydrogen-bond donors (Lipinski definition) is 2. The van der Waals surface area contributed by atoms with Crippen molar-refractivity contribution in [3.05, 3.63) is 17.0 Å². The van der Waals surface area contributed by atoms with Gasteiger partial charge in [-0.2, -0.15) is 5.10 Å². The van der Waals surface area contributed by atoms with Gasteiger partial charge in [0.15, 0.2) is 5.96 Å². The molecule has 0 spiro atoms. The standard InChI is InChI=1S/C14H25N5.HI/c1-10-13(11(2)19(4)18-10)7-8-16-14(15-3)17-9-12-5-6-12;/h12H,5-9H2,1-4H3,(H2,15,16,17);1H. The fourth-order valence-corrected chi connectivity index (χ4v) is 2.27. The van der Waals surface area contributed by atoms with Gasteiger partial charge in [-0.15, -0.1) is 24.0 Å². The van der Waals surface area contributed by atoms with Crippen LogP contribution in [0.4, 0.5) is 0 Å². The lowest BCUT2D eigenvalue weighted by Crippen LogP contribution is -2.39. The Kier molecular flexibility index (Phi) is 6.78. The average Bonchev–Trinajstić information content (AvgIpc) is 3.17. The summed E-state index contributed by atoms with van der Waals surface area (Å²) in [4.78, 5) is 4.24. The predicted octanol–water partition coefficient (Wildman–Crippen LogP) is 1.77. The molecule has 1 fully saturated rings. The summed E-state index contributed by atoms with van der Waals surface area (Å²) in [6.45, 7) is 6.13. The van der Waals surface area contributed by atoms with E-state index in [1.807, 2.05) is 18.8 Å². The number of aliphatic imine (C=N–C) groups is 1. The molecule has 2 N–H and O–H groups in total. The molecule has 2 rings (SSSR count). The number of aromatic nitrogens is 2. The van der Waals surface area contributed by atoms with Crippen molar-refractivity contribution in [2.45, 2.75) is 33.1 Å². The Hall–Kier alpha value is -0.790. The van der Waals surface area contributed by atoms with Gasteiger partial charge in [-0.05, 0) is 44.6 Å². The van der Waals surface area contributed by atoms with E-state index in [9.17, 15) is 0 Å². The zero-order chi connectivity index (χ0) is 13.8. The van der Waals surface area contributed by atoms with Crippen LogP contribution in [0.15, 0.2) is 4.99 Å². The molecule has 0 atom stereocenters. The van der Waals surface area contributed by atoms with Crippen molar-refractivity contribution in [3.63, 3.8) is 0 Å². The molecule has 0 amide bonds. The molecule has 5 nitrogen and oxygen atoms in total. The van der Waals surface area contributed by atoms with E-state index in [0.29, 0.717) is 0 Å². The number of nitrogens with zero attached hydrogens (tertiary/aromatic N) is 3. The monoisotopic (exact) mass is 391 g/mol. The van der Waals surface area contributed by atoms with Gasteiger partial charge in [0.05, 0.1) is 5.69 Å². The van der Waals surface area contributed by atoms with Gasteiger partial charge in [-0.3, -0.25) is 9.67 Å². The quantitative estimate of drug-likeness (QED) is 0.457. The summed E-state index contributed by atoms with van der Waals surface area (Å²) in [6.07, 6.45) is 3.70. The Morgan fingerprint density at radius 1 is 1.35 bits per heavy atom. The topological polar surface area (TPSA) is 54.2 Å². The average molecular weight is 391 g/mol. The van der Waals surface area contributed by atoms with E-state index < -0.39 is 0 Å². The fraction of sp³-hybridized carbons (Fsp3) is 0.714. The molecule has 0 radical (unpaired) electrons. The molecule has 1 aromatic heterocycles. The minimum atomic E-state index is 0. The van der Waals surface area contributed by atoms with Crippen molar-refractivity contribution in [3.8, 4) is 0 Å². The maximum atomic E-state index is 4.44. The van der Waals surface area contributed by atoms with Gasteiger partial charge in [0.1, 0.15) is 0 Å². The van der Waals surface area contributed by atoms with Gasteiger partial charge in [0, 0.05) is 32.9 Å². The lowest BCUT2D eigenvalue weighted by atomic mass is 10.1. The van der Waals surface area contributed by atoms with E-state index in [1.165, 1.54) is 24.1 Å². The molecule has 114 valence electrons. The van der Waals surface area contributed by atoms with Crippen LogP contribution in [0, 0.1) is 19.8 Å². The van der Waals surface area contributed by atoms with Crippen LogP contribution < -0.4 is 10.6 Å². The molecule has 0 aromatic carbocycles.